The smallest absolute Gasteiger partial charge is 0.303 e. The molecule has 15 heteroatoms. The van der Waals surface area contributed by atoms with Gasteiger partial charge in [0, 0.05) is 47.6 Å². The van der Waals surface area contributed by atoms with Crippen LogP contribution in [0.1, 0.15) is 31.1 Å². The molecule has 3 aromatic rings. The number of methoxy groups -OCH3 is 1. The Morgan fingerprint density at radius 2 is 1.90 bits per heavy atom. The fourth-order valence-corrected chi connectivity index (χ4v) is 6.02. The maximum absolute atomic E-state index is 14.3. The molecule has 1 aromatic carbocycles. The van der Waals surface area contributed by atoms with Crippen molar-refractivity contribution in [3.63, 3.8) is 0 Å². The number of thioether (sulfide) groups is 1. The van der Waals surface area contributed by atoms with Gasteiger partial charge in [-0.25, -0.2) is 18.4 Å². The summed E-state index contributed by atoms with van der Waals surface area (Å²) in [4.78, 5) is 28.4. The second kappa shape index (κ2) is 13.0. The lowest BCUT2D eigenvalue weighted by Gasteiger charge is -2.44. The van der Waals surface area contributed by atoms with E-state index in [2.05, 4.69) is 31.2 Å². The summed E-state index contributed by atoms with van der Waals surface area (Å²) in [6.07, 6.45) is -0.0531. The Bertz CT molecular complexity index is 1480. The summed E-state index contributed by atoms with van der Waals surface area (Å²) >= 11 is 4.48. The van der Waals surface area contributed by atoms with Crippen LogP contribution in [0.15, 0.2) is 40.0 Å². The second-order valence-corrected chi connectivity index (χ2v) is 11.0. The van der Waals surface area contributed by atoms with Gasteiger partial charge in [0.05, 0.1) is 6.20 Å². The van der Waals surface area contributed by atoms with Crippen LogP contribution in [0.25, 0.3) is 11.3 Å². The Hall–Kier alpha value is -3.45. The molecule has 3 heterocycles. The van der Waals surface area contributed by atoms with Crippen molar-refractivity contribution in [2.24, 2.45) is 0 Å². The van der Waals surface area contributed by atoms with E-state index in [-0.39, 0.29) is 29.1 Å². The molecule has 1 aliphatic heterocycles. The summed E-state index contributed by atoms with van der Waals surface area (Å²) in [5.41, 5.74) is -0.565. The molecule has 0 radical (unpaired) electrons. The Morgan fingerprint density at radius 1 is 1.20 bits per heavy atom. The zero-order valence-corrected chi connectivity index (χ0v) is 24.6. The van der Waals surface area contributed by atoms with Gasteiger partial charge in [-0.15, -0.1) is 5.10 Å². The molecular formula is C26H24BrF2N5O6S. The number of esters is 2. The van der Waals surface area contributed by atoms with E-state index >= 15 is 0 Å². The van der Waals surface area contributed by atoms with Gasteiger partial charge in [0.15, 0.2) is 11.8 Å². The molecule has 0 spiro atoms. The van der Waals surface area contributed by atoms with Gasteiger partial charge < -0.3 is 18.9 Å². The van der Waals surface area contributed by atoms with Gasteiger partial charge in [-0.1, -0.05) is 17.0 Å². The van der Waals surface area contributed by atoms with Gasteiger partial charge in [-0.3, -0.25) is 9.59 Å². The highest BCUT2D eigenvalue weighted by Crippen LogP contribution is 2.42. The lowest BCUT2D eigenvalue weighted by molar-refractivity contribution is -0.208. The lowest BCUT2D eigenvalue weighted by atomic mass is 9.96. The molecule has 0 bridgehead atoms. The average Bonchev–Trinajstić information content (AvgIpc) is 3.40. The van der Waals surface area contributed by atoms with Crippen LogP contribution in [0, 0.1) is 29.9 Å². The molecule has 216 valence electrons. The number of carbonyl (C=O) groups is 2. The molecular weight excluding hydrogens is 628 g/mol. The third kappa shape index (κ3) is 6.89. The van der Waals surface area contributed by atoms with E-state index in [4.69, 9.17) is 18.9 Å². The largest absolute Gasteiger partial charge is 0.463 e. The highest BCUT2D eigenvalue weighted by Gasteiger charge is 2.50. The number of nitrogens with zero attached hydrogens (tertiary/aromatic N) is 5. The number of benzene rings is 1. The summed E-state index contributed by atoms with van der Waals surface area (Å²) in [5.74, 6) is -2.73. The first-order valence-corrected chi connectivity index (χ1v) is 13.8. The van der Waals surface area contributed by atoms with Crippen molar-refractivity contribution < 1.29 is 37.3 Å². The number of ether oxygens (including phenoxy) is 4. The predicted octanol–water partition coefficient (Wildman–Crippen LogP) is 4.13. The first-order valence-electron chi connectivity index (χ1n) is 12.1. The van der Waals surface area contributed by atoms with Crippen LogP contribution < -0.4 is 0 Å². The Kier molecular flexibility index (Phi) is 9.69. The molecule has 0 amide bonds. The highest BCUT2D eigenvalue weighted by molar-refractivity contribution is 9.10. The van der Waals surface area contributed by atoms with E-state index in [1.165, 1.54) is 45.0 Å². The topological polar surface area (TPSA) is 138 Å². The summed E-state index contributed by atoms with van der Waals surface area (Å²) < 4.78 is 53.5. The quantitative estimate of drug-likeness (QED) is 0.325. The minimum Gasteiger partial charge on any atom is -0.463 e. The van der Waals surface area contributed by atoms with Gasteiger partial charge in [0.1, 0.15) is 53.7 Å². The number of hydrogen-bond donors (Lipinski definition) is 0. The van der Waals surface area contributed by atoms with Crippen LogP contribution in [0.3, 0.4) is 0 Å². The lowest BCUT2D eigenvalue weighted by Crippen LogP contribution is -2.57. The van der Waals surface area contributed by atoms with Crippen LogP contribution in [0.2, 0.25) is 0 Å². The van der Waals surface area contributed by atoms with Crippen molar-refractivity contribution in [3.8, 4) is 17.3 Å². The van der Waals surface area contributed by atoms with E-state index in [0.29, 0.717) is 9.37 Å². The maximum Gasteiger partial charge on any atom is 0.303 e. The van der Waals surface area contributed by atoms with Gasteiger partial charge in [-0.05, 0) is 41.1 Å². The Morgan fingerprint density at radius 3 is 2.51 bits per heavy atom. The Labute approximate surface area is 246 Å². The van der Waals surface area contributed by atoms with E-state index in [1.807, 2.05) is 6.07 Å². The summed E-state index contributed by atoms with van der Waals surface area (Å²) in [6, 6.07) is 5.08. The second-order valence-electron chi connectivity index (χ2n) is 8.99. The molecule has 11 nitrogen and oxygen atoms in total. The van der Waals surface area contributed by atoms with Crippen molar-refractivity contribution in [3.05, 3.63) is 58.0 Å². The van der Waals surface area contributed by atoms with E-state index < -0.39 is 53.4 Å². The Balaban J connectivity index is 1.80. The first-order chi connectivity index (χ1) is 19.5. The van der Waals surface area contributed by atoms with Crippen molar-refractivity contribution in [1.82, 2.24) is 20.0 Å². The number of halogens is 3. The van der Waals surface area contributed by atoms with Gasteiger partial charge in [0.25, 0.3) is 0 Å². The zero-order chi connectivity index (χ0) is 29.8. The zero-order valence-electron chi connectivity index (χ0n) is 22.2. The van der Waals surface area contributed by atoms with Crippen LogP contribution >= 0.6 is 27.7 Å². The minimum atomic E-state index is -1.09. The molecule has 1 aliphatic rings. The van der Waals surface area contributed by atoms with E-state index in [9.17, 15) is 23.6 Å². The summed E-state index contributed by atoms with van der Waals surface area (Å²) in [6.45, 7) is 3.47. The number of rotatable bonds is 8. The third-order valence-corrected chi connectivity index (χ3v) is 7.81. The van der Waals surface area contributed by atoms with Crippen molar-refractivity contribution in [1.29, 1.82) is 5.26 Å². The van der Waals surface area contributed by atoms with Crippen molar-refractivity contribution in [2.45, 2.75) is 55.5 Å². The number of nitriles is 1. The summed E-state index contributed by atoms with van der Waals surface area (Å²) in [7, 11) is 1.42. The van der Waals surface area contributed by atoms with Crippen molar-refractivity contribution >= 4 is 39.6 Å². The standard InChI is InChI=1S/C26H24BrF2N5O6S/c1-12-17(28)5-15(6-18(12)29)20-10-34(33-32-20)23-24(39-14(3)36)21(11-38-13(2)35)40-26(25(23)37-4)41-22-7-16(27)9-31-19(22)8-30/h5-7,9-10,21,23-26H,11H2,1-4H3/t21?,23?,24-,25?,26+/m0/s1. The number of carbonyl (C=O) groups excluding carboxylic acids is 2. The van der Waals surface area contributed by atoms with Crippen molar-refractivity contribution in [2.75, 3.05) is 13.7 Å². The minimum absolute atomic E-state index is 0.133. The van der Waals surface area contributed by atoms with Crippen LogP contribution in [-0.4, -0.2) is 69.4 Å². The fraction of sp³-hybridized carbons (Fsp3) is 0.385. The molecule has 0 aliphatic carbocycles. The van der Waals surface area contributed by atoms with E-state index in [0.717, 1.165) is 23.9 Å². The number of pyridine rings is 1. The molecule has 3 unspecified atom stereocenters. The van der Waals surface area contributed by atoms with Gasteiger partial charge in [0.2, 0.25) is 0 Å². The third-order valence-electron chi connectivity index (χ3n) is 6.20. The summed E-state index contributed by atoms with van der Waals surface area (Å²) in [5, 5.41) is 17.9. The number of hydrogen-bond acceptors (Lipinski definition) is 11. The van der Waals surface area contributed by atoms with Gasteiger partial charge >= 0.3 is 11.9 Å². The highest BCUT2D eigenvalue weighted by atomic mass is 79.9. The number of aromatic nitrogens is 4. The monoisotopic (exact) mass is 651 g/mol. The molecule has 2 aromatic heterocycles. The molecule has 0 saturated carbocycles. The maximum atomic E-state index is 14.3. The van der Waals surface area contributed by atoms with Gasteiger partial charge in [-0.2, -0.15) is 5.26 Å². The molecule has 1 saturated heterocycles. The molecule has 41 heavy (non-hydrogen) atoms. The average molecular weight is 652 g/mol. The molecule has 5 atom stereocenters. The normalized spacial score (nSPS) is 22.1. The first kappa shape index (κ1) is 30.5. The fourth-order valence-electron chi connectivity index (χ4n) is 4.28. The SMILES string of the molecule is COC1C(n2cc(-c3cc(F)c(C)c(F)c3)nn2)[C@@H](OC(C)=O)C(COC(C)=O)O[C@@H]1Sc1cc(Br)cnc1C#N. The van der Waals surface area contributed by atoms with Crippen LogP contribution in [0.5, 0.6) is 0 Å². The predicted molar refractivity (Wildman–Crippen MR) is 143 cm³/mol. The van der Waals surface area contributed by atoms with E-state index in [1.54, 1.807) is 6.07 Å². The molecule has 1 fully saturated rings. The van der Waals surface area contributed by atoms with Crippen LogP contribution in [0.4, 0.5) is 8.78 Å². The van der Waals surface area contributed by atoms with Crippen LogP contribution in [-0.2, 0) is 28.5 Å². The molecule has 0 N–H and O–H groups in total. The molecule has 4 rings (SSSR count).